The van der Waals surface area contributed by atoms with Crippen molar-refractivity contribution < 1.29 is 32.3 Å². The van der Waals surface area contributed by atoms with Crippen molar-refractivity contribution in [1.29, 1.82) is 0 Å². The molecule has 0 spiro atoms. The summed E-state index contributed by atoms with van der Waals surface area (Å²) in [6.45, 7) is -1.30. The number of hydrogen-bond acceptors (Lipinski definition) is 10. The molecule has 13 nitrogen and oxygen atoms in total. The van der Waals surface area contributed by atoms with Crippen LogP contribution in [0.2, 0.25) is 0 Å². The first-order valence-corrected chi connectivity index (χ1v) is 10.4. The van der Waals surface area contributed by atoms with Gasteiger partial charge < -0.3 is 15.7 Å². The number of nitro benzene ring substituents is 2. The molecular formula is C14H19ClN4O9S. The van der Waals surface area contributed by atoms with Crippen LogP contribution in [0.25, 0.3) is 0 Å². The second kappa shape index (κ2) is 10.8. The number of nitrogens with one attached hydrogen (secondary N) is 2. The summed E-state index contributed by atoms with van der Waals surface area (Å²) in [6, 6.07) is 0.699. The summed E-state index contributed by atoms with van der Waals surface area (Å²) in [7, 11) is -3.77. The minimum Gasteiger partial charge on any atom is -0.395 e. The van der Waals surface area contributed by atoms with E-state index in [1.54, 1.807) is 0 Å². The molecule has 0 aliphatic rings. The van der Waals surface area contributed by atoms with E-state index in [0.717, 1.165) is 6.26 Å². The normalized spacial score (nSPS) is 11.1. The van der Waals surface area contributed by atoms with Gasteiger partial charge >= 0.3 is 0 Å². The number of benzene rings is 1. The Morgan fingerprint density at radius 2 is 1.86 bits per heavy atom. The molecule has 0 aliphatic heterocycles. The van der Waals surface area contributed by atoms with Crippen LogP contribution in [0, 0.1) is 20.2 Å². The highest BCUT2D eigenvalue weighted by Crippen LogP contribution is 2.38. The van der Waals surface area contributed by atoms with Gasteiger partial charge in [0.25, 0.3) is 27.4 Å². The zero-order valence-electron chi connectivity index (χ0n) is 15.2. The highest BCUT2D eigenvalue weighted by molar-refractivity contribution is 7.85. The zero-order chi connectivity index (χ0) is 22.2. The van der Waals surface area contributed by atoms with E-state index < -0.39 is 50.5 Å². The lowest BCUT2D eigenvalue weighted by Crippen LogP contribution is -2.29. The lowest BCUT2D eigenvalue weighted by atomic mass is 9.98. The molecule has 1 aromatic carbocycles. The van der Waals surface area contributed by atoms with Gasteiger partial charge in [0.2, 0.25) is 0 Å². The lowest BCUT2D eigenvalue weighted by Gasteiger charge is -2.16. The number of amides is 1. The maximum absolute atomic E-state index is 12.6. The van der Waals surface area contributed by atoms with Gasteiger partial charge in [-0.2, -0.15) is 8.42 Å². The van der Waals surface area contributed by atoms with Crippen molar-refractivity contribution in [1.82, 2.24) is 5.32 Å². The quantitative estimate of drug-likeness (QED) is 0.131. The first kappa shape index (κ1) is 24.5. The van der Waals surface area contributed by atoms with Gasteiger partial charge in [-0.05, 0) is 6.42 Å². The molecule has 1 amide bonds. The predicted molar refractivity (Wildman–Crippen MR) is 103 cm³/mol. The van der Waals surface area contributed by atoms with E-state index in [1.165, 1.54) is 0 Å². The minimum absolute atomic E-state index is 0.116. The molecule has 0 aliphatic carbocycles. The smallest absolute Gasteiger partial charge is 0.300 e. The van der Waals surface area contributed by atoms with Crippen LogP contribution in [0.3, 0.4) is 0 Å². The number of alkyl halides is 1. The number of nitro groups is 2. The SMILES string of the molecule is CS(=O)(=O)OCCNc1c([N+](=O)[O-])cc([N+](=O)[O-])c(CCCl)c1C(=O)NCCO. The Balaban J connectivity index is 3.57. The van der Waals surface area contributed by atoms with Gasteiger partial charge in [-0.3, -0.25) is 29.2 Å². The zero-order valence-corrected chi connectivity index (χ0v) is 16.8. The Labute approximate surface area is 170 Å². The molecule has 0 bridgehead atoms. The van der Waals surface area contributed by atoms with Crippen molar-refractivity contribution in [3.63, 3.8) is 0 Å². The van der Waals surface area contributed by atoms with Crippen molar-refractivity contribution in [2.24, 2.45) is 0 Å². The molecule has 29 heavy (non-hydrogen) atoms. The molecule has 0 unspecified atom stereocenters. The summed E-state index contributed by atoms with van der Waals surface area (Å²) < 4.78 is 26.6. The van der Waals surface area contributed by atoms with E-state index >= 15 is 0 Å². The average Bonchev–Trinajstić information content (AvgIpc) is 2.62. The lowest BCUT2D eigenvalue weighted by molar-refractivity contribution is -0.394. The third-order valence-electron chi connectivity index (χ3n) is 3.45. The molecule has 1 rings (SSSR count). The van der Waals surface area contributed by atoms with Crippen LogP contribution in [0.5, 0.6) is 0 Å². The molecule has 0 aromatic heterocycles. The second-order valence-electron chi connectivity index (χ2n) is 5.53. The maximum Gasteiger partial charge on any atom is 0.300 e. The first-order valence-electron chi connectivity index (χ1n) is 8.05. The highest BCUT2D eigenvalue weighted by Gasteiger charge is 2.32. The van der Waals surface area contributed by atoms with Crippen molar-refractivity contribution in [3.8, 4) is 0 Å². The van der Waals surface area contributed by atoms with Gasteiger partial charge in [-0.15, -0.1) is 11.6 Å². The molecule has 15 heteroatoms. The standard InChI is InChI=1S/C14H19ClN4O9S/c1-29(26,27)28-7-5-16-13-11(19(24)25)8-10(18(22)23)9(2-3-15)12(13)14(21)17-4-6-20/h8,16,20H,2-7H2,1H3,(H,17,21). The van der Waals surface area contributed by atoms with Crippen LogP contribution < -0.4 is 10.6 Å². The van der Waals surface area contributed by atoms with E-state index in [1.807, 2.05) is 0 Å². The number of hydrogen-bond donors (Lipinski definition) is 3. The van der Waals surface area contributed by atoms with Crippen molar-refractivity contribution in [2.75, 3.05) is 43.8 Å². The monoisotopic (exact) mass is 454 g/mol. The van der Waals surface area contributed by atoms with Crippen LogP contribution in [0.1, 0.15) is 15.9 Å². The number of halogens is 1. The highest BCUT2D eigenvalue weighted by atomic mass is 35.5. The first-order chi connectivity index (χ1) is 13.5. The van der Waals surface area contributed by atoms with Gasteiger partial charge in [-0.25, -0.2) is 0 Å². The number of aliphatic hydroxyl groups is 1. The molecule has 0 saturated carbocycles. The van der Waals surface area contributed by atoms with Gasteiger partial charge in [-0.1, -0.05) is 0 Å². The molecule has 0 heterocycles. The molecule has 162 valence electrons. The largest absolute Gasteiger partial charge is 0.395 e. The van der Waals surface area contributed by atoms with E-state index in [9.17, 15) is 33.4 Å². The van der Waals surface area contributed by atoms with Crippen LogP contribution in [-0.4, -0.2) is 67.7 Å². The summed E-state index contributed by atoms with van der Waals surface area (Å²) >= 11 is 5.69. The van der Waals surface area contributed by atoms with Crippen molar-refractivity contribution in [2.45, 2.75) is 6.42 Å². The minimum atomic E-state index is -3.77. The summed E-state index contributed by atoms with van der Waals surface area (Å²) in [5, 5.41) is 36.6. The fraction of sp³-hybridized carbons (Fsp3) is 0.500. The van der Waals surface area contributed by atoms with E-state index in [0.29, 0.717) is 6.07 Å². The third-order valence-corrected chi connectivity index (χ3v) is 4.24. The van der Waals surface area contributed by atoms with Crippen LogP contribution in [0.4, 0.5) is 17.1 Å². The Morgan fingerprint density at radius 1 is 1.24 bits per heavy atom. The summed E-state index contributed by atoms with van der Waals surface area (Å²) in [5.74, 6) is -1.02. The number of aliphatic hydroxyl groups excluding tert-OH is 1. The molecule has 0 fully saturated rings. The number of carbonyl (C=O) groups excluding carboxylic acids is 1. The molecule has 1 aromatic rings. The van der Waals surface area contributed by atoms with Crippen LogP contribution in [-0.2, 0) is 20.7 Å². The number of nitrogens with zero attached hydrogens (tertiary/aromatic N) is 2. The molecule has 0 saturated heterocycles. The van der Waals surface area contributed by atoms with Crippen LogP contribution in [0.15, 0.2) is 6.07 Å². The van der Waals surface area contributed by atoms with Crippen LogP contribution >= 0.6 is 11.6 Å². The Kier molecular flexibility index (Phi) is 9.16. The summed E-state index contributed by atoms with van der Waals surface area (Å²) in [6.07, 6.45) is 0.667. The number of anilines is 1. The van der Waals surface area contributed by atoms with E-state index in [2.05, 4.69) is 14.8 Å². The predicted octanol–water partition coefficient (Wildman–Crippen LogP) is 0.394. The second-order valence-corrected chi connectivity index (χ2v) is 7.55. The fourth-order valence-corrected chi connectivity index (χ4v) is 2.98. The summed E-state index contributed by atoms with van der Waals surface area (Å²) in [4.78, 5) is 33.7. The van der Waals surface area contributed by atoms with Crippen molar-refractivity contribution in [3.05, 3.63) is 37.4 Å². The molecule has 3 N–H and O–H groups in total. The van der Waals surface area contributed by atoms with Gasteiger partial charge in [0.15, 0.2) is 0 Å². The number of carbonyl (C=O) groups is 1. The fourth-order valence-electron chi connectivity index (χ4n) is 2.41. The average molecular weight is 455 g/mol. The third kappa shape index (κ3) is 7.08. The maximum atomic E-state index is 12.6. The van der Waals surface area contributed by atoms with E-state index in [-0.39, 0.29) is 42.2 Å². The molecular weight excluding hydrogens is 436 g/mol. The Morgan fingerprint density at radius 3 is 2.34 bits per heavy atom. The topological polar surface area (TPSA) is 191 Å². The Hall–Kier alpha value is -2.55. The Bertz CT molecular complexity index is 892. The molecule has 0 radical (unpaired) electrons. The molecule has 0 atom stereocenters. The van der Waals surface area contributed by atoms with Gasteiger partial charge in [0.05, 0.1) is 40.9 Å². The van der Waals surface area contributed by atoms with Gasteiger partial charge in [0.1, 0.15) is 5.69 Å². The number of rotatable bonds is 12. The van der Waals surface area contributed by atoms with E-state index in [4.69, 9.17) is 16.7 Å². The van der Waals surface area contributed by atoms with Crippen molar-refractivity contribution >= 4 is 44.7 Å². The summed E-state index contributed by atoms with van der Waals surface area (Å²) in [5.41, 5.74) is -2.31. The van der Waals surface area contributed by atoms with Gasteiger partial charge in [0, 0.05) is 24.5 Å².